The van der Waals surface area contributed by atoms with Crippen LogP contribution in [0.5, 0.6) is 0 Å². The van der Waals surface area contributed by atoms with E-state index in [2.05, 4.69) is 9.97 Å². The number of hydrogen-bond donors (Lipinski definition) is 2. The molecule has 5 rings (SSSR count). The van der Waals surface area contributed by atoms with Crippen LogP contribution in [0.4, 0.5) is 26.3 Å². The van der Waals surface area contributed by atoms with Gasteiger partial charge in [-0.3, -0.25) is 9.78 Å². The van der Waals surface area contributed by atoms with Crippen molar-refractivity contribution >= 4 is 23.5 Å². The van der Waals surface area contributed by atoms with E-state index >= 15 is 0 Å². The largest absolute Gasteiger partial charge is 0.490 e. The van der Waals surface area contributed by atoms with Gasteiger partial charge in [-0.2, -0.15) is 31.4 Å². The summed E-state index contributed by atoms with van der Waals surface area (Å²) in [5.41, 5.74) is 4.30. The highest BCUT2D eigenvalue weighted by Crippen LogP contribution is 2.27. The van der Waals surface area contributed by atoms with E-state index in [1.807, 2.05) is 58.9 Å². The Kier molecular flexibility index (Phi) is 10.00. The second kappa shape index (κ2) is 13.3. The Labute approximate surface area is 238 Å². The van der Waals surface area contributed by atoms with Crippen molar-refractivity contribution in [3.05, 3.63) is 78.3 Å². The monoisotopic (exact) mass is 612 g/mol. The first-order valence-corrected chi connectivity index (χ1v) is 12.2. The van der Waals surface area contributed by atoms with E-state index in [0.717, 1.165) is 34.7 Å². The van der Waals surface area contributed by atoms with Gasteiger partial charge < -0.3 is 15.1 Å². The summed E-state index contributed by atoms with van der Waals surface area (Å²) in [6.45, 7) is 3.20. The van der Waals surface area contributed by atoms with Gasteiger partial charge in [0.15, 0.2) is 11.5 Å². The lowest BCUT2D eigenvalue weighted by atomic mass is 10.1. The van der Waals surface area contributed by atoms with Crippen molar-refractivity contribution < 1.29 is 50.9 Å². The molecule has 0 spiro atoms. The molecule has 1 aliphatic rings. The summed E-state index contributed by atoms with van der Waals surface area (Å²) in [7, 11) is 0. The summed E-state index contributed by atoms with van der Waals surface area (Å²) in [5, 5.41) is 18.9. The lowest BCUT2D eigenvalue weighted by molar-refractivity contribution is -0.193. The average molecular weight is 612 g/mol. The van der Waals surface area contributed by atoms with Crippen LogP contribution in [0, 0.1) is 6.92 Å². The van der Waals surface area contributed by atoms with E-state index in [9.17, 15) is 31.1 Å². The van der Waals surface area contributed by atoms with Gasteiger partial charge >= 0.3 is 24.3 Å². The fraction of sp³-hybridized carbons (Fsp3) is 0.269. The molecule has 0 aromatic carbocycles. The summed E-state index contributed by atoms with van der Waals surface area (Å²) < 4.78 is 65.3. The average Bonchev–Trinajstić information content (AvgIpc) is 3.60. The molecule has 5 heterocycles. The van der Waals surface area contributed by atoms with Crippen molar-refractivity contribution in [1.29, 1.82) is 0 Å². The number of amides is 1. The third-order valence-corrected chi connectivity index (χ3v) is 5.79. The number of pyridine rings is 3. The summed E-state index contributed by atoms with van der Waals surface area (Å²) >= 11 is 0. The number of hydrogen-bond acceptors (Lipinski definition) is 7. The normalized spacial score (nSPS) is 14.8. The Morgan fingerprint density at radius 1 is 0.860 bits per heavy atom. The zero-order valence-electron chi connectivity index (χ0n) is 22.0. The quantitative estimate of drug-likeness (QED) is 0.321. The SMILES string of the molecule is Cc1cccc(C(=O)N2CCC(c3nc4ccc(-c5ccncc5)cn4n3)C2)n1.O=C(O)C(F)(F)F.O=C(O)C(F)(F)F. The molecule has 2 N–H and O–H groups in total. The van der Waals surface area contributed by atoms with Crippen molar-refractivity contribution in [3.8, 4) is 11.1 Å². The third-order valence-electron chi connectivity index (χ3n) is 5.79. The minimum Gasteiger partial charge on any atom is -0.475 e. The highest BCUT2D eigenvalue weighted by Gasteiger charge is 2.39. The number of likely N-dealkylation sites (tertiary alicyclic amines) is 1. The Hall–Kier alpha value is -5.09. The molecule has 228 valence electrons. The van der Waals surface area contributed by atoms with Crippen molar-refractivity contribution in [2.75, 3.05) is 13.1 Å². The van der Waals surface area contributed by atoms with E-state index in [4.69, 9.17) is 29.9 Å². The molecule has 1 aliphatic heterocycles. The van der Waals surface area contributed by atoms with Gasteiger partial charge in [0, 0.05) is 48.9 Å². The summed E-state index contributed by atoms with van der Waals surface area (Å²) in [4.78, 5) is 45.5. The van der Waals surface area contributed by atoms with Gasteiger partial charge in [-0.25, -0.2) is 24.1 Å². The van der Waals surface area contributed by atoms with Gasteiger partial charge in [-0.05, 0) is 55.3 Å². The maximum absolute atomic E-state index is 12.8. The first kappa shape index (κ1) is 32.4. The molecule has 1 amide bonds. The van der Waals surface area contributed by atoms with Crippen molar-refractivity contribution in [2.24, 2.45) is 0 Å². The first-order valence-electron chi connectivity index (χ1n) is 12.2. The summed E-state index contributed by atoms with van der Waals surface area (Å²) in [5.74, 6) is -4.63. The lowest BCUT2D eigenvalue weighted by Gasteiger charge is -2.15. The van der Waals surface area contributed by atoms with Gasteiger partial charge in [0.2, 0.25) is 0 Å². The number of aliphatic carboxylic acids is 2. The molecule has 0 bridgehead atoms. The van der Waals surface area contributed by atoms with E-state index in [-0.39, 0.29) is 11.8 Å². The smallest absolute Gasteiger partial charge is 0.475 e. The van der Waals surface area contributed by atoms with Crippen LogP contribution in [0.2, 0.25) is 0 Å². The van der Waals surface area contributed by atoms with Crippen LogP contribution in [0.3, 0.4) is 0 Å². The lowest BCUT2D eigenvalue weighted by Crippen LogP contribution is -2.29. The highest BCUT2D eigenvalue weighted by molar-refractivity contribution is 5.92. The number of aryl methyl sites for hydroxylation is 1. The number of carboxylic acid groups (broad SMARTS) is 2. The van der Waals surface area contributed by atoms with Gasteiger partial charge in [0.25, 0.3) is 5.91 Å². The predicted octanol–water partition coefficient (Wildman–Crippen LogP) is 4.39. The topological polar surface area (TPSA) is 151 Å². The number of nitrogens with zero attached hydrogens (tertiary/aromatic N) is 6. The van der Waals surface area contributed by atoms with Gasteiger partial charge in [-0.1, -0.05) is 6.07 Å². The minimum atomic E-state index is -5.08. The minimum absolute atomic E-state index is 0.0278. The number of alkyl halides is 6. The second-order valence-electron chi connectivity index (χ2n) is 8.93. The highest BCUT2D eigenvalue weighted by atomic mass is 19.4. The van der Waals surface area contributed by atoms with Crippen molar-refractivity contribution in [3.63, 3.8) is 0 Å². The molecule has 43 heavy (non-hydrogen) atoms. The number of carbonyl (C=O) groups excluding carboxylic acids is 1. The molecule has 4 aromatic rings. The maximum atomic E-state index is 12.8. The van der Waals surface area contributed by atoms with Crippen molar-refractivity contribution in [1.82, 2.24) is 29.5 Å². The number of aromatic nitrogens is 5. The first-order chi connectivity index (χ1) is 20.1. The molecular weight excluding hydrogens is 590 g/mol. The molecule has 17 heteroatoms. The van der Waals surface area contributed by atoms with Crippen molar-refractivity contribution in [2.45, 2.75) is 31.6 Å². The summed E-state index contributed by atoms with van der Waals surface area (Å²) in [6.07, 6.45) is -3.78. The molecule has 4 aromatic heterocycles. The number of fused-ring (bicyclic) bond motifs is 1. The predicted molar refractivity (Wildman–Crippen MR) is 136 cm³/mol. The molecule has 1 fully saturated rings. The second-order valence-corrected chi connectivity index (χ2v) is 8.93. The van der Waals surface area contributed by atoms with E-state index in [1.54, 1.807) is 18.5 Å². The van der Waals surface area contributed by atoms with E-state index < -0.39 is 24.3 Å². The Morgan fingerprint density at radius 2 is 1.47 bits per heavy atom. The fourth-order valence-corrected chi connectivity index (χ4v) is 3.77. The van der Waals surface area contributed by atoms with Crippen LogP contribution in [-0.2, 0) is 9.59 Å². The molecular formula is C26H22F6N6O5. The van der Waals surface area contributed by atoms with Crippen LogP contribution in [0.15, 0.2) is 61.1 Å². The van der Waals surface area contributed by atoms with E-state index in [1.165, 1.54) is 0 Å². The molecule has 11 nitrogen and oxygen atoms in total. The van der Waals surface area contributed by atoms with Crippen LogP contribution in [-0.4, -0.2) is 83.0 Å². The Balaban J connectivity index is 0.000000303. The van der Waals surface area contributed by atoms with Crippen LogP contribution in [0.25, 0.3) is 16.8 Å². The zero-order chi connectivity index (χ0) is 31.9. The van der Waals surface area contributed by atoms with Gasteiger partial charge in [-0.15, -0.1) is 0 Å². The number of halogens is 6. The van der Waals surface area contributed by atoms with Gasteiger partial charge in [0.1, 0.15) is 5.69 Å². The number of carbonyl (C=O) groups is 3. The van der Waals surface area contributed by atoms with Crippen LogP contribution in [0.1, 0.15) is 34.3 Å². The molecule has 0 radical (unpaired) electrons. The van der Waals surface area contributed by atoms with Crippen LogP contribution >= 0.6 is 0 Å². The Bertz CT molecular complexity index is 1570. The standard InChI is InChI=1S/C22H20N6O.2C2HF3O2/c1-15-3-2-4-19(24-15)22(29)27-12-9-18(13-27)21-25-20-6-5-17(14-28(20)26-21)16-7-10-23-11-8-16;2*3-2(4,5)1(6)7/h2-8,10-11,14,18H,9,12-13H2,1H3;2*(H,6,7). The number of rotatable bonds is 3. The molecule has 1 saturated heterocycles. The number of carboxylic acids is 2. The zero-order valence-corrected chi connectivity index (χ0v) is 22.0. The van der Waals surface area contributed by atoms with Gasteiger partial charge in [0.05, 0.1) is 0 Å². The van der Waals surface area contributed by atoms with E-state index in [0.29, 0.717) is 18.8 Å². The third kappa shape index (κ3) is 8.95. The maximum Gasteiger partial charge on any atom is 0.490 e. The molecule has 0 saturated carbocycles. The fourth-order valence-electron chi connectivity index (χ4n) is 3.77. The Morgan fingerprint density at radius 3 is 2.02 bits per heavy atom. The molecule has 1 unspecified atom stereocenters. The summed E-state index contributed by atoms with van der Waals surface area (Å²) in [6, 6.07) is 13.5. The van der Waals surface area contributed by atoms with Crippen LogP contribution < -0.4 is 0 Å². The molecule has 1 atom stereocenters. The molecule has 0 aliphatic carbocycles.